The van der Waals surface area contributed by atoms with Gasteiger partial charge in [-0.3, -0.25) is 4.79 Å². The second-order valence-corrected chi connectivity index (χ2v) is 4.86. The van der Waals surface area contributed by atoms with Crippen molar-refractivity contribution < 1.29 is 4.74 Å². The van der Waals surface area contributed by atoms with Crippen molar-refractivity contribution in [2.24, 2.45) is 5.73 Å². The van der Waals surface area contributed by atoms with E-state index < -0.39 is 0 Å². The zero-order chi connectivity index (χ0) is 14.5. The largest absolute Gasteiger partial charge is 0.483 e. The van der Waals surface area contributed by atoms with Crippen molar-refractivity contribution in [3.63, 3.8) is 0 Å². The molecule has 1 unspecified atom stereocenters. The van der Waals surface area contributed by atoms with Crippen molar-refractivity contribution in [1.82, 2.24) is 4.57 Å². The fraction of sp³-hybridized carbons (Fsp3) is 0.312. The normalized spacial score (nSPS) is 12.2. The van der Waals surface area contributed by atoms with Gasteiger partial charge in [-0.05, 0) is 19.4 Å². The van der Waals surface area contributed by atoms with Crippen LogP contribution in [0.25, 0.3) is 0 Å². The second-order valence-electron chi connectivity index (χ2n) is 4.86. The first-order chi connectivity index (χ1) is 9.63. The molecule has 4 heteroatoms. The van der Waals surface area contributed by atoms with Crippen molar-refractivity contribution in [2.45, 2.75) is 26.5 Å². The highest BCUT2D eigenvalue weighted by molar-refractivity contribution is 5.28. The van der Waals surface area contributed by atoms with E-state index in [-0.39, 0.29) is 11.5 Å². The Morgan fingerprint density at radius 2 is 1.95 bits per heavy atom. The number of aromatic nitrogens is 1. The van der Waals surface area contributed by atoms with Crippen LogP contribution in [-0.2, 0) is 6.61 Å². The van der Waals surface area contributed by atoms with Crippen LogP contribution < -0.4 is 15.9 Å². The van der Waals surface area contributed by atoms with Crippen LogP contribution in [-0.4, -0.2) is 11.1 Å². The predicted molar refractivity (Wildman–Crippen MR) is 80.0 cm³/mol. The molecule has 1 aromatic heterocycles. The molecular weight excluding hydrogens is 252 g/mol. The monoisotopic (exact) mass is 272 g/mol. The van der Waals surface area contributed by atoms with E-state index in [4.69, 9.17) is 10.5 Å². The van der Waals surface area contributed by atoms with Gasteiger partial charge < -0.3 is 15.0 Å². The second kappa shape index (κ2) is 6.39. The number of rotatable bonds is 5. The van der Waals surface area contributed by atoms with Crippen molar-refractivity contribution >= 4 is 0 Å². The highest BCUT2D eigenvalue weighted by Gasteiger charge is 2.12. The fourth-order valence-electron chi connectivity index (χ4n) is 2.13. The Hall–Kier alpha value is -2.07. The molecular formula is C16H20N2O2. The summed E-state index contributed by atoms with van der Waals surface area (Å²) in [7, 11) is 0. The molecule has 0 aliphatic rings. The maximum absolute atomic E-state index is 12.0. The van der Waals surface area contributed by atoms with Gasteiger partial charge in [-0.1, -0.05) is 30.3 Å². The summed E-state index contributed by atoms with van der Waals surface area (Å²) < 4.78 is 7.69. The van der Waals surface area contributed by atoms with Crippen molar-refractivity contribution in [2.75, 3.05) is 6.54 Å². The molecule has 0 aliphatic heterocycles. The third kappa shape index (κ3) is 3.08. The van der Waals surface area contributed by atoms with E-state index in [9.17, 15) is 4.79 Å². The lowest BCUT2D eigenvalue weighted by Gasteiger charge is -2.19. The molecule has 1 heterocycles. The van der Waals surface area contributed by atoms with Crippen LogP contribution in [0.5, 0.6) is 5.75 Å². The van der Waals surface area contributed by atoms with Crippen molar-refractivity contribution in [3.05, 3.63) is 64.1 Å². The van der Waals surface area contributed by atoms with Crippen LogP contribution in [0.15, 0.2) is 47.4 Å². The van der Waals surface area contributed by atoms with E-state index >= 15 is 0 Å². The van der Waals surface area contributed by atoms with Crippen LogP contribution in [0.3, 0.4) is 0 Å². The highest BCUT2D eigenvalue weighted by atomic mass is 16.5. The van der Waals surface area contributed by atoms with E-state index in [1.165, 1.54) is 6.07 Å². The molecule has 20 heavy (non-hydrogen) atoms. The van der Waals surface area contributed by atoms with Gasteiger partial charge in [0.1, 0.15) is 6.61 Å². The minimum atomic E-state index is -0.0982. The maximum Gasteiger partial charge on any atom is 0.223 e. The van der Waals surface area contributed by atoms with E-state index in [1.807, 2.05) is 48.7 Å². The van der Waals surface area contributed by atoms with Crippen LogP contribution in [0.2, 0.25) is 0 Å². The molecule has 0 saturated heterocycles. The molecule has 0 saturated carbocycles. The summed E-state index contributed by atoms with van der Waals surface area (Å²) in [5.74, 6) is 0.400. The Labute approximate surface area is 118 Å². The quantitative estimate of drug-likeness (QED) is 0.908. The lowest BCUT2D eigenvalue weighted by Crippen LogP contribution is -2.21. The molecule has 1 aromatic carbocycles. The van der Waals surface area contributed by atoms with Crippen LogP contribution >= 0.6 is 0 Å². The lowest BCUT2D eigenvalue weighted by atomic mass is 10.2. The highest BCUT2D eigenvalue weighted by Crippen LogP contribution is 2.17. The third-order valence-electron chi connectivity index (χ3n) is 3.37. The lowest BCUT2D eigenvalue weighted by molar-refractivity contribution is 0.295. The standard InChI is InChI=1S/C16H20N2O2/c1-12(10-17)18-9-8-15(19)16(13(18)2)20-11-14-6-4-3-5-7-14/h3-9,12H,10-11,17H2,1-2H3. The molecule has 0 fully saturated rings. The van der Waals surface area contributed by atoms with Crippen LogP contribution in [0.4, 0.5) is 0 Å². The van der Waals surface area contributed by atoms with E-state index in [0.717, 1.165) is 11.3 Å². The summed E-state index contributed by atoms with van der Waals surface area (Å²) in [6.07, 6.45) is 1.77. The Bertz CT molecular complexity index is 620. The van der Waals surface area contributed by atoms with Crippen LogP contribution in [0.1, 0.15) is 24.2 Å². The Morgan fingerprint density at radius 1 is 1.25 bits per heavy atom. The number of hydrogen-bond donors (Lipinski definition) is 1. The summed E-state index contributed by atoms with van der Waals surface area (Å²) in [4.78, 5) is 12.0. The van der Waals surface area contributed by atoms with Gasteiger partial charge >= 0.3 is 0 Å². The van der Waals surface area contributed by atoms with Gasteiger partial charge in [0.25, 0.3) is 0 Å². The summed E-state index contributed by atoms with van der Waals surface area (Å²) >= 11 is 0. The van der Waals surface area contributed by atoms with Gasteiger partial charge in [-0.25, -0.2) is 0 Å². The molecule has 0 radical (unpaired) electrons. The topological polar surface area (TPSA) is 57.2 Å². The zero-order valence-electron chi connectivity index (χ0n) is 11.9. The van der Waals surface area contributed by atoms with Gasteiger partial charge in [-0.2, -0.15) is 0 Å². The number of hydrogen-bond acceptors (Lipinski definition) is 3. The van der Waals surface area contributed by atoms with Crippen molar-refractivity contribution in [3.8, 4) is 5.75 Å². The van der Waals surface area contributed by atoms with Gasteiger partial charge in [0.15, 0.2) is 5.75 Å². The zero-order valence-corrected chi connectivity index (χ0v) is 11.9. The molecule has 106 valence electrons. The fourth-order valence-corrected chi connectivity index (χ4v) is 2.13. The molecule has 0 spiro atoms. The van der Waals surface area contributed by atoms with Gasteiger partial charge in [0.05, 0.1) is 5.69 Å². The number of nitrogens with zero attached hydrogens (tertiary/aromatic N) is 1. The minimum Gasteiger partial charge on any atom is -0.483 e. The number of pyridine rings is 1. The first kappa shape index (κ1) is 14.3. The van der Waals surface area contributed by atoms with E-state index in [1.54, 1.807) is 6.20 Å². The molecule has 0 bridgehead atoms. The first-order valence-corrected chi connectivity index (χ1v) is 6.72. The maximum atomic E-state index is 12.0. The predicted octanol–water partition coefficient (Wildman–Crippen LogP) is 2.26. The summed E-state index contributed by atoms with van der Waals surface area (Å²) in [5.41, 5.74) is 7.44. The van der Waals surface area contributed by atoms with E-state index in [0.29, 0.717) is 18.9 Å². The SMILES string of the molecule is Cc1c(OCc2ccccc2)c(=O)ccn1C(C)CN. The number of ether oxygens (including phenoxy) is 1. The van der Waals surface area contributed by atoms with Crippen LogP contribution in [0, 0.1) is 6.92 Å². The Morgan fingerprint density at radius 3 is 2.60 bits per heavy atom. The van der Waals surface area contributed by atoms with Crippen molar-refractivity contribution in [1.29, 1.82) is 0 Å². The molecule has 0 aliphatic carbocycles. The third-order valence-corrected chi connectivity index (χ3v) is 3.37. The number of nitrogens with two attached hydrogens (primary N) is 1. The average Bonchev–Trinajstić information content (AvgIpc) is 2.47. The van der Waals surface area contributed by atoms with Gasteiger partial charge in [0.2, 0.25) is 5.43 Å². The molecule has 2 N–H and O–H groups in total. The summed E-state index contributed by atoms with van der Waals surface area (Å²) in [6, 6.07) is 11.5. The molecule has 2 aromatic rings. The smallest absolute Gasteiger partial charge is 0.223 e. The molecule has 0 amide bonds. The van der Waals surface area contributed by atoms with Gasteiger partial charge in [0, 0.05) is 24.8 Å². The first-order valence-electron chi connectivity index (χ1n) is 6.72. The molecule has 1 atom stereocenters. The van der Waals surface area contributed by atoms with E-state index in [2.05, 4.69) is 0 Å². The molecule has 4 nitrogen and oxygen atoms in total. The summed E-state index contributed by atoms with van der Waals surface area (Å²) in [5, 5.41) is 0. The Kier molecular flexibility index (Phi) is 4.58. The minimum absolute atomic E-state index is 0.0982. The Balaban J connectivity index is 2.25. The summed E-state index contributed by atoms with van der Waals surface area (Å²) in [6.45, 7) is 4.80. The average molecular weight is 272 g/mol. The van der Waals surface area contributed by atoms with Gasteiger partial charge in [-0.15, -0.1) is 0 Å². The number of benzene rings is 1. The molecule has 2 rings (SSSR count).